The first-order valence-electron chi connectivity index (χ1n) is 5.09. The van der Waals surface area contributed by atoms with Gasteiger partial charge < -0.3 is 10.1 Å². The number of rotatable bonds is 4. The summed E-state index contributed by atoms with van der Waals surface area (Å²) in [7, 11) is 0. The summed E-state index contributed by atoms with van der Waals surface area (Å²) in [6, 6.07) is 3.55. The number of carbonyl (C=O) groups is 1. The number of aryl methyl sites for hydroxylation is 1. The van der Waals surface area contributed by atoms with Gasteiger partial charge in [0.2, 0.25) is 0 Å². The summed E-state index contributed by atoms with van der Waals surface area (Å²) in [4.78, 5) is 11.6. The van der Waals surface area contributed by atoms with Gasteiger partial charge in [0.1, 0.15) is 5.75 Å². The number of ether oxygens (including phenoxy) is 1. The molecule has 98 valence electrons. The second-order valence-electron chi connectivity index (χ2n) is 3.52. The predicted molar refractivity (Wildman–Crippen MR) is 60.4 cm³/mol. The third-order valence-corrected chi connectivity index (χ3v) is 2.08. The second-order valence-corrected chi connectivity index (χ2v) is 3.52. The van der Waals surface area contributed by atoms with Crippen molar-refractivity contribution in [2.45, 2.75) is 13.3 Å². The zero-order valence-corrected chi connectivity index (χ0v) is 9.67. The fourth-order valence-electron chi connectivity index (χ4n) is 1.35. The van der Waals surface area contributed by atoms with Crippen molar-refractivity contribution in [2.24, 2.45) is 0 Å². The molecule has 0 aliphatic carbocycles. The van der Waals surface area contributed by atoms with E-state index in [0.29, 0.717) is 17.7 Å². The summed E-state index contributed by atoms with van der Waals surface area (Å²) >= 11 is 0. The van der Waals surface area contributed by atoms with Crippen LogP contribution in [0.2, 0.25) is 0 Å². The maximum Gasteiger partial charge on any atom is 0.573 e. The van der Waals surface area contributed by atoms with Gasteiger partial charge in [0.05, 0.1) is 0 Å². The van der Waals surface area contributed by atoms with Crippen LogP contribution < -0.4 is 10.1 Å². The van der Waals surface area contributed by atoms with Gasteiger partial charge in [0.25, 0.3) is 5.91 Å². The molecule has 0 unspecified atom stereocenters. The Morgan fingerprint density at radius 3 is 2.67 bits per heavy atom. The minimum atomic E-state index is -4.74. The van der Waals surface area contributed by atoms with E-state index in [4.69, 9.17) is 0 Å². The molecule has 1 N–H and O–H groups in total. The van der Waals surface area contributed by atoms with Gasteiger partial charge in [-0.05, 0) is 30.7 Å². The number of alkyl halides is 3. The lowest BCUT2D eigenvalue weighted by molar-refractivity contribution is -0.274. The summed E-state index contributed by atoms with van der Waals surface area (Å²) in [5.41, 5.74) is 0.699. The third kappa shape index (κ3) is 4.12. The van der Waals surface area contributed by atoms with Crippen LogP contribution in [-0.2, 0) is 0 Å². The zero-order chi connectivity index (χ0) is 13.8. The third-order valence-electron chi connectivity index (χ3n) is 2.08. The standard InChI is InChI=1S/C12H12F3NO2/c1-3-6-16-11(17)10-5-4-9(7-8(10)2)18-12(13,14)15/h3-5,7H,1,6H2,2H3,(H,16,17). The number of nitrogens with one attached hydrogen (secondary N) is 1. The van der Waals surface area contributed by atoms with E-state index < -0.39 is 6.36 Å². The minimum Gasteiger partial charge on any atom is -0.406 e. The molecule has 0 bridgehead atoms. The summed E-state index contributed by atoms with van der Waals surface area (Å²) in [5.74, 6) is -0.716. The molecular formula is C12H12F3NO2. The van der Waals surface area contributed by atoms with Crippen LogP contribution in [0.4, 0.5) is 13.2 Å². The highest BCUT2D eigenvalue weighted by molar-refractivity contribution is 5.95. The van der Waals surface area contributed by atoms with Crippen molar-refractivity contribution in [3.05, 3.63) is 42.0 Å². The number of benzene rings is 1. The lowest BCUT2D eigenvalue weighted by Crippen LogP contribution is -2.24. The van der Waals surface area contributed by atoms with E-state index in [1.54, 1.807) is 0 Å². The van der Waals surface area contributed by atoms with Gasteiger partial charge in [0.15, 0.2) is 0 Å². The molecule has 0 saturated heterocycles. The van der Waals surface area contributed by atoms with Gasteiger partial charge >= 0.3 is 6.36 Å². The molecule has 0 heterocycles. The van der Waals surface area contributed by atoms with Crippen molar-refractivity contribution < 1.29 is 22.7 Å². The SMILES string of the molecule is C=CCNC(=O)c1ccc(OC(F)(F)F)cc1C. The summed E-state index contributed by atoms with van der Waals surface area (Å²) < 4.78 is 39.7. The van der Waals surface area contributed by atoms with E-state index in [9.17, 15) is 18.0 Å². The van der Waals surface area contributed by atoms with Crippen LogP contribution in [0, 0.1) is 6.92 Å². The average molecular weight is 259 g/mol. The smallest absolute Gasteiger partial charge is 0.406 e. The molecule has 6 heteroatoms. The van der Waals surface area contributed by atoms with Crippen LogP contribution in [0.15, 0.2) is 30.9 Å². The van der Waals surface area contributed by atoms with E-state index in [1.807, 2.05) is 0 Å². The monoisotopic (exact) mass is 259 g/mol. The fraction of sp³-hybridized carbons (Fsp3) is 0.250. The fourth-order valence-corrected chi connectivity index (χ4v) is 1.35. The van der Waals surface area contributed by atoms with Gasteiger partial charge in [-0.25, -0.2) is 0 Å². The average Bonchev–Trinajstić information content (AvgIpc) is 2.23. The minimum absolute atomic E-state index is 0.291. The van der Waals surface area contributed by atoms with Crippen molar-refractivity contribution in [1.82, 2.24) is 5.32 Å². The quantitative estimate of drug-likeness (QED) is 0.844. The Hall–Kier alpha value is -1.98. The first kappa shape index (κ1) is 14.1. The molecule has 18 heavy (non-hydrogen) atoms. The van der Waals surface area contributed by atoms with Crippen LogP contribution in [0.1, 0.15) is 15.9 Å². The highest BCUT2D eigenvalue weighted by Crippen LogP contribution is 2.24. The van der Waals surface area contributed by atoms with E-state index in [0.717, 1.165) is 12.1 Å². The Bertz CT molecular complexity index is 455. The predicted octanol–water partition coefficient (Wildman–Crippen LogP) is 2.81. The van der Waals surface area contributed by atoms with Crippen LogP contribution in [0.3, 0.4) is 0 Å². The van der Waals surface area contributed by atoms with Crippen LogP contribution >= 0.6 is 0 Å². The second kappa shape index (κ2) is 5.57. The molecule has 1 rings (SSSR count). The van der Waals surface area contributed by atoms with Gasteiger partial charge in [-0.1, -0.05) is 6.08 Å². The molecule has 0 fully saturated rings. The van der Waals surface area contributed by atoms with Gasteiger partial charge in [0, 0.05) is 12.1 Å². The molecule has 0 aromatic heterocycles. The number of hydrogen-bond donors (Lipinski definition) is 1. The van der Waals surface area contributed by atoms with Gasteiger partial charge in [-0.3, -0.25) is 4.79 Å². The first-order chi connectivity index (χ1) is 8.33. The van der Waals surface area contributed by atoms with E-state index in [-0.39, 0.29) is 11.7 Å². The van der Waals surface area contributed by atoms with Crippen LogP contribution in [0.25, 0.3) is 0 Å². The topological polar surface area (TPSA) is 38.3 Å². The normalized spacial score (nSPS) is 10.9. The summed E-state index contributed by atoms with van der Waals surface area (Å²) in [5, 5.41) is 2.54. The van der Waals surface area contributed by atoms with Crippen molar-refractivity contribution in [2.75, 3.05) is 6.54 Å². The Labute approximate surface area is 102 Å². The molecule has 0 radical (unpaired) electrons. The highest BCUT2D eigenvalue weighted by atomic mass is 19.4. The molecular weight excluding hydrogens is 247 g/mol. The Kier molecular flexibility index (Phi) is 4.36. The number of hydrogen-bond acceptors (Lipinski definition) is 2. The number of halogens is 3. The number of amides is 1. The van der Waals surface area contributed by atoms with Gasteiger partial charge in [-0.2, -0.15) is 0 Å². The lowest BCUT2D eigenvalue weighted by Gasteiger charge is -2.11. The lowest BCUT2D eigenvalue weighted by atomic mass is 10.1. The zero-order valence-electron chi connectivity index (χ0n) is 9.67. The van der Waals surface area contributed by atoms with Gasteiger partial charge in [-0.15, -0.1) is 19.8 Å². The Morgan fingerprint density at radius 1 is 1.50 bits per heavy atom. The maximum atomic E-state index is 12.0. The van der Waals surface area contributed by atoms with E-state index in [2.05, 4.69) is 16.6 Å². The molecule has 1 aromatic rings. The molecule has 0 aliphatic heterocycles. The molecule has 0 spiro atoms. The largest absolute Gasteiger partial charge is 0.573 e. The highest BCUT2D eigenvalue weighted by Gasteiger charge is 2.31. The van der Waals surface area contributed by atoms with Crippen LogP contribution in [-0.4, -0.2) is 18.8 Å². The molecule has 1 amide bonds. The molecule has 1 aromatic carbocycles. The Morgan fingerprint density at radius 2 is 2.17 bits per heavy atom. The van der Waals surface area contributed by atoms with Crippen molar-refractivity contribution in [3.63, 3.8) is 0 Å². The molecule has 0 atom stereocenters. The first-order valence-corrected chi connectivity index (χ1v) is 5.09. The molecule has 0 aliphatic rings. The van der Waals surface area contributed by atoms with Crippen molar-refractivity contribution in [3.8, 4) is 5.75 Å². The Balaban J connectivity index is 2.85. The molecule has 3 nitrogen and oxygen atoms in total. The summed E-state index contributed by atoms with van der Waals surface area (Å²) in [6.45, 7) is 5.27. The number of carbonyl (C=O) groups excluding carboxylic acids is 1. The van der Waals surface area contributed by atoms with Crippen molar-refractivity contribution >= 4 is 5.91 Å². The van der Waals surface area contributed by atoms with E-state index >= 15 is 0 Å². The maximum absolute atomic E-state index is 12.0. The summed E-state index contributed by atoms with van der Waals surface area (Å²) in [6.07, 6.45) is -3.23. The van der Waals surface area contributed by atoms with E-state index in [1.165, 1.54) is 19.1 Å². The molecule has 0 saturated carbocycles. The van der Waals surface area contributed by atoms with Crippen molar-refractivity contribution in [1.29, 1.82) is 0 Å². The van der Waals surface area contributed by atoms with Crippen LogP contribution in [0.5, 0.6) is 5.75 Å².